The molecule has 1 aromatic heterocycles. The van der Waals surface area contributed by atoms with Crippen molar-refractivity contribution in [3.05, 3.63) is 86.0 Å². The van der Waals surface area contributed by atoms with Crippen molar-refractivity contribution in [3.8, 4) is 5.75 Å². The fourth-order valence-electron chi connectivity index (χ4n) is 5.11. The summed E-state index contributed by atoms with van der Waals surface area (Å²) in [5.41, 5.74) is 0.273. The summed E-state index contributed by atoms with van der Waals surface area (Å²) in [6.45, 7) is 1.46. The van der Waals surface area contributed by atoms with E-state index in [0.29, 0.717) is 17.7 Å². The van der Waals surface area contributed by atoms with Gasteiger partial charge in [-0.15, -0.1) is 11.3 Å². The number of fused-ring (bicyclic) bond motifs is 1. The highest BCUT2D eigenvalue weighted by Gasteiger charge is 2.52. The molecule has 5 rings (SSSR count). The van der Waals surface area contributed by atoms with Crippen molar-refractivity contribution in [3.63, 3.8) is 0 Å². The number of benzene rings is 2. The number of halogens is 2. The van der Waals surface area contributed by atoms with Crippen LogP contribution in [0.1, 0.15) is 56.6 Å². The average molecular weight is 599 g/mol. The van der Waals surface area contributed by atoms with Gasteiger partial charge < -0.3 is 4.74 Å². The number of carbonyl (C=O) groups is 5. The third-order valence-corrected chi connectivity index (χ3v) is 8.80. The number of hydrogen-bond donors (Lipinski definition) is 0. The van der Waals surface area contributed by atoms with Gasteiger partial charge in [-0.2, -0.15) is 5.01 Å². The molecule has 2 heterocycles. The molecule has 1 aliphatic heterocycles. The highest BCUT2D eigenvalue weighted by Crippen LogP contribution is 2.41. The maximum absolute atomic E-state index is 13.7. The van der Waals surface area contributed by atoms with Gasteiger partial charge in [0.25, 0.3) is 17.7 Å². The number of ketones is 1. The smallest absolute Gasteiger partial charge is 0.353 e. The Labute approximate surface area is 244 Å². The SMILES string of the molecule is C[C@@H]1CC[C@@H]2C(=O)N(N(CC(=O)c3ccc(OC(=O)c4cccs4)cc3)C(=O)c3ccc(Cl)c(Cl)c3)C(=O)[C@@H]2C1. The van der Waals surface area contributed by atoms with Gasteiger partial charge in [-0.3, -0.25) is 19.2 Å². The predicted molar refractivity (Wildman–Crippen MR) is 149 cm³/mol. The van der Waals surface area contributed by atoms with E-state index in [1.54, 1.807) is 17.5 Å². The summed E-state index contributed by atoms with van der Waals surface area (Å²) in [4.78, 5) is 66.6. The van der Waals surface area contributed by atoms with Crippen LogP contribution in [0.2, 0.25) is 10.0 Å². The Morgan fingerprint density at radius 2 is 1.65 bits per heavy atom. The molecule has 3 aromatic rings. The van der Waals surface area contributed by atoms with E-state index >= 15 is 0 Å². The lowest BCUT2D eigenvalue weighted by Crippen LogP contribution is -2.52. The molecular formula is C29H24Cl2N2O6S. The van der Waals surface area contributed by atoms with E-state index in [2.05, 4.69) is 0 Å². The Morgan fingerprint density at radius 3 is 2.33 bits per heavy atom. The van der Waals surface area contributed by atoms with E-state index in [4.69, 9.17) is 27.9 Å². The van der Waals surface area contributed by atoms with Crippen molar-refractivity contribution >= 4 is 64.0 Å². The summed E-state index contributed by atoms with van der Waals surface area (Å²) < 4.78 is 5.34. The van der Waals surface area contributed by atoms with Gasteiger partial charge in [0.05, 0.1) is 21.9 Å². The third kappa shape index (κ3) is 5.54. The van der Waals surface area contributed by atoms with E-state index in [-0.39, 0.29) is 32.8 Å². The Balaban J connectivity index is 1.40. The number of carbonyl (C=O) groups excluding carboxylic acids is 5. The molecule has 8 nitrogen and oxygen atoms in total. The molecule has 3 atom stereocenters. The van der Waals surface area contributed by atoms with Crippen LogP contribution in [-0.2, 0) is 9.59 Å². The van der Waals surface area contributed by atoms with Gasteiger partial charge in [-0.25, -0.2) is 9.80 Å². The maximum atomic E-state index is 13.7. The van der Waals surface area contributed by atoms with Gasteiger partial charge in [-0.1, -0.05) is 36.2 Å². The molecule has 0 spiro atoms. The van der Waals surface area contributed by atoms with Gasteiger partial charge in [0.1, 0.15) is 17.2 Å². The van der Waals surface area contributed by atoms with Gasteiger partial charge in [0, 0.05) is 11.1 Å². The van der Waals surface area contributed by atoms with Crippen molar-refractivity contribution in [2.24, 2.45) is 17.8 Å². The zero-order chi connectivity index (χ0) is 28.6. The molecule has 3 amide bonds. The quantitative estimate of drug-likeness (QED) is 0.144. The summed E-state index contributed by atoms with van der Waals surface area (Å²) in [6.07, 6.45) is 1.89. The Kier molecular flexibility index (Phi) is 8.07. The van der Waals surface area contributed by atoms with Crippen molar-refractivity contribution < 1.29 is 28.7 Å². The van der Waals surface area contributed by atoms with Crippen molar-refractivity contribution in [1.82, 2.24) is 10.0 Å². The molecular weight excluding hydrogens is 575 g/mol. The molecule has 40 heavy (non-hydrogen) atoms. The molecule has 2 aliphatic rings. The minimum atomic E-state index is -0.734. The Morgan fingerprint density at radius 1 is 0.950 bits per heavy atom. The van der Waals surface area contributed by atoms with Crippen LogP contribution >= 0.6 is 34.5 Å². The number of esters is 1. The molecule has 1 saturated carbocycles. The first-order valence-electron chi connectivity index (χ1n) is 12.7. The molecule has 0 bridgehead atoms. The fourth-order valence-corrected chi connectivity index (χ4v) is 6.01. The number of nitrogens with zero attached hydrogens (tertiary/aromatic N) is 2. The van der Waals surface area contributed by atoms with Crippen LogP contribution in [0, 0.1) is 17.8 Å². The minimum Gasteiger partial charge on any atom is -0.422 e. The first-order valence-corrected chi connectivity index (χ1v) is 14.3. The number of imide groups is 1. The van der Waals surface area contributed by atoms with Crippen LogP contribution in [0.5, 0.6) is 5.75 Å². The fraction of sp³-hybridized carbons (Fsp3) is 0.276. The molecule has 0 radical (unpaired) electrons. The molecule has 206 valence electrons. The molecule has 2 fully saturated rings. The average Bonchev–Trinajstić information content (AvgIpc) is 3.56. The van der Waals surface area contributed by atoms with Gasteiger partial charge in [0.2, 0.25) is 0 Å². The lowest BCUT2D eigenvalue weighted by atomic mass is 9.76. The molecule has 1 saturated heterocycles. The first-order chi connectivity index (χ1) is 19.1. The van der Waals surface area contributed by atoms with E-state index in [1.165, 1.54) is 53.8 Å². The lowest BCUT2D eigenvalue weighted by molar-refractivity contribution is -0.154. The largest absolute Gasteiger partial charge is 0.422 e. The van der Waals surface area contributed by atoms with Crippen molar-refractivity contribution in [2.75, 3.05) is 6.54 Å². The predicted octanol–water partition coefficient (Wildman–Crippen LogP) is 5.94. The molecule has 2 aromatic carbocycles. The zero-order valence-electron chi connectivity index (χ0n) is 21.3. The topological polar surface area (TPSA) is 101 Å². The lowest BCUT2D eigenvalue weighted by Gasteiger charge is -2.30. The second-order valence-electron chi connectivity index (χ2n) is 9.93. The number of hydrogen-bond acceptors (Lipinski definition) is 7. The van der Waals surface area contributed by atoms with E-state index in [0.717, 1.165) is 16.4 Å². The monoisotopic (exact) mass is 598 g/mol. The van der Waals surface area contributed by atoms with Gasteiger partial charge in [0.15, 0.2) is 5.78 Å². The third-order valence-electron chi connectivity index (χ3n) is 7.21. The van der Waals surface area contributed by atoms with Gasteiger partial charge >= 0.3 is 5.97 Å². The summed E-state index contributed by atoms with van der Waals surface area (Å²) in [7, 11) is 0. The van der Waals surface area contributed by atoms with E-state index in [9.17, 15) is 24.0 Å². The standard InChI is InChI=1S/C29H24Cl2N2O6S/c1-16-4-10-20-21(13-16)28(37)33(27(20)36)32(26(35)18-7-11-22(30)23(31)14-18)15-24(34)17-5-8-19(9-6-17)39-29(38)25-3-2-12-40-25/h2-3,5-9,11-12,14,16,20-21H,4,10,13,15H2,1H3/t16-,20+,21-/m1/s1. The van der Waals surface area contributed by atoms with Crippen LogP contribution in [0.4, 0.5) is 0 Å². The minimum absolute atomic E-state index is 0.0712. The number of rotatable bonds is 7. The summed E-state index contributed by atoms with van der Waals surface area (Å²) in [6, 6.07) is 13.4. The second kappa shape index (κ2) is 11.5. The highest BCUT2D eigenvalue weighted by molar-refractivity contribution is 7.12. The van der Waals surface area contributed by atoms with E-state index in [1.807, 2.05) is 6.92 Å². The van der Waals surface area contributed by atoms with E-state index < -0.39 is 47.9 Å². The van der Waals surface area contributed by atoms with Crippen LogP contribution in [0.3, 0.4) is 0 Å². The van der Waals surface area contributed by atoms with Crippen LogP contribution in [0.25, 0.3) is 0 Å². The second-order valence-corrected chi connectivity index (χ2v) is 11.7. The van der Waals surface area contributed by atoms with Crippen molar-refractivity contribution in [1.29, 1.82) is 0 Å². The highest BCUT2D eigenvalue weighted by atomic mass is 35.5. The van der Waals surface area contributed by atoms with Crippen molar-refractivity contribution in [2.45, 2.75) is 26.2 Å². The number of ether oxygens (including phenoxy) is 1. The summed E-state index contributed by atoms with van der Waals surface area (Å²) in [5.74, 6) is -3.30. The number of Topliss-reactive ketones (excluding diaryl/α,β-unsaturated/α-hetero) is 1. The summed E-state index contributed by atoms with van der Waals surface area (Å²) in [5, 5.41) is 3.85. The maximum Gasteiger partial charge on any atom is 0.353 e. The number of hydrazine groups is 1. The Bertz CT molecular complexity index is 1490. The van der Waals surface area contributed by atoms with Crippen LogP contribution in [0.15, 0.2) is 60.0 Å². The number of thiophene rings is 1. The molecule has 0 N–H and O–H groups in total. The van der Waals surface area contributed by atoms with Crippen LogP contribution < -0.4 is 4.74 Å². The molecule has 1 aliphatic carbocycles. The normalized spacial score (nSPS) is 20.3. The summed E-state index contributed by atoms with van der Waals surface area (Å²) >= 11 is 13.4. The Hall–Kier alpha value is -3.53. The van der Waals surface area contributed by atoms with Gasteiger partial charge in [-0.05, 0) is 79.1 Å². The molecule has 0 unspecified atom stereocenters. The van der Waals surface area contributed by atoms with Crippen LogP contribution in [-0.4, -0.2) is 46.0 Å². The zero-order valence-corrected chi connectivity index (χ0v) is 23.7. The number of amides is 3. The first kappa shape index (κ1) is 28.0. The molecule has 11 heteroatoms.